The highest BCUT2D eigenvalue weighted by atomic mass is 16.5. The topological polar surface area (TPSA) is 77.5 Å². The van der Waals surface area contributed by atoms with Gasteiger partial charge in [-0.25, -0.2) is 0 Å². The average molecular weight is 316 g/mol. The fraction of sp³-hybridized carbons (Fsp3) is 0.471. The summed E-state index contributed by atoms with van der Waals surface area (Å²) in [7, 11) is 4.50. The number of nitrogens with zero attached hydrogens (tertiary/aromatic N) is 1. The molecule has 3 rings (SSSR count). The molecule has 1 N–H and O–H groups in total. The van der Waals surface area contributed by atoms with Crippen molar-refractivity contribution in [3.05, 3.63) is 36.2 Å². The van der Waals surface area contributed by atoms with Crippen molar-refractivity contribution in [3.63, 3.8) is 0 Å². The van der Waals surface area contributed by atoms with Gasteiger partial charge in [-0.1, -0.05) is 12.2 Å². The average Bonchev–Trinajstić information content (AvgIpc) is 3.17. The lowest BCUT2D eigenvalue weighted by Gasteiger charge is -2.33. The minimum atomic E-state index is -0.643. The van der Waals surface area contributed by atoms with Crippen LogP contribution in [0.1, 0.15) is 12.1 Å². The van der Waals surface area contributed by atoms with Crippen molar-refractivity contribution >= 4 is 17.6 Å². The number of anilines is 1. The Kier molecular flexibility index (Phi) is 3.83. The standard InChI is InChI=1S/C17H20N2O4/c1-18-11-5-4-8-19-14(11)17-7-6-10(9-17)12(15(20)22-2)13(17)16(21)23-3/h4-8,10,12-13,18H,9H2,1-3H3/t10?,12-,13-,17?/m1/s1. The van der Waals surface area contributed by atoms with Crippen molar-refractivity contribution in [2.75, 3.05) is 26.6 Å². The molecule has 6 nitrogen and oxygen atoms in total. The largest absolute Gasteiger partial charge is 0.469 e. The third-order valence-electron chi connectivity index (χ3n) is 5.04. The van der Waals surface area contributed by atoms with E-state index in [4.69, 9.17) is 9.47 Å². The van der Waals surface area contributed by atoms with Crippen molar-refractivity contribution in [2.45, 2.75) is 11.8 Å². The third-order valence-corrected chi connectivity index (χ3v) is 5.04. The highest BCUT2D eigenvalue weighted by Crippen LogP contribution is 2.59. The van der Waals surface area contributed by atoms with E-state index in [1.54, 1.807) is 6.20 Å². The Morgan fingerprint density at radius 3 is 2.70 bits per heavy atom. The van der Waals surface area contributed by atoms with Gasteiger partial charge >= 0.3 is 11.9 Å². The Labute approximate surface area is 134 Å². The molecule has 2 aliphatic carbocycles. The van der Waals surface area contributed by atoms with E-state index >= 15 is 0 Å². The molecule has 0 amide bonds. The maximum atomic E-state index is 12.5. The van der Waals surface area contributed by atoms with Gasteiger partial charge in [0.15, 0.2) is 0 Å². The summed E-state index contributed by atoms with van der Waals surface area (Å²) in [6, 6.07) is 3.75. The van der Waals surface area contributed by atoms with Gasteiger partial charge in [-0.15, -0.1) is 0 Å². The van der Waals surface area contributed by atoms with Crippen LogP contribution in [0.4, 0.5) is 5.69 Å². The number of aromatic nitrogens is 1. The number of esters is 2. The van der Waals surface area contributed by atoms with Gasteiger partial charge in [0.2, 0.25) is 0 Å². The van der Waals surface area contributed by atoms with Gasteiger partial charge in [-0.2, -0.15) is 0 Å². The number of fused-ring (bicyclic) bond motifs is 2. The second-order valence-electron chi connectivity index (χ2n) is 5.97. The first-order valence-corrected chi connectivity index (χ1v) is 7.57. The molecule has 1 saturated carbocycles. The number of methoxy groups -OCH3 is 2. The van der Waals surface area contributed by atoms with E-state index in [1.807, 2.05) is 31.3 Å². The summed E-state index contributed by atoms with van der Waals surface area (Å²) >= 11 is 0. The Morgan fingerprint density at radius 1 is 1.30 bits per heavy atom. The molecule has 1 aromatic rings. The Balaban J connectivity index is 2.15. The summed E-state index contributed by atoms with van der Waals surface area (Å²) in [5, 5.41) is 3.12. The normalized spacial score (nSPS) is 31.0. The molecule has 1 heterocycles. The zero-order valence-corrected chi connectivity index (χ0v) is 13.4. The number of allylic oxidation sites excluding steroid dienone is 2. The molecule has 122 valence electrons. The van der Waals surface area contributed by atoms with Crippen LogP contribution >= 0.6 is 0 Å². The number of ether oxygens (including phenoxy) is 2. The number of pyridine rings is 1. The third kappa shape index (κ3) is 2.12. The van der Waals surface area contributed by atoms with Gasteiger partial charge in [-0.3, -0.25) is 14.6 Å². The maximum absolute atomic E-state index is 12.5. The number of hydrogen-bond acceptors (Lipinski definition) is 6. The van der Waals surface area contributed by atoms with Crippen molar-refractivity contribution < 1.29 is 19.1 Å². The fourth-order valence-corrected chi connectivity index (χ4v) is 4.10. The van der Waals surface area contributed by atoms with Gasteiger partial charge in [0.1, 0.15) is 0 Å². The lowest BCUT2D eigenvalue weighted by molar-refractivity contribution is -0.158. The minimum Gasteiger partial charge on any atom is -0.469 e. The molecule has 1 aromatic heterocycles. The van der Waals surface area contributed by atoms with Crippen LogP contribution in [0.25, 0.3) is 0 Å². The van der Waals surface area contributed by atoms with Gasteiger partial charge in [0, 0.05) is 18.7 Å². The highest BCUT2D eigenvalue weighted by molar-refractivity contribution is 5.87. The molecular weight excluding hydrogens is 296 g/mol. The van der Waals surface area contributed by atoms with E-state index < -0.39 is 23.2 Å². The van der Waals surface area contributed by atoms with Crippen molar-refractivity contribution in [3.8, 4) is 0 Å². The molecule has 0 aliphatic heterocycles. The molecule has 0 radical (unpaired) electrons. The Morgan fingerprint density at radius 2 is 2.04 bits per heavy atom. The monoisotopic (exact) mass is 316 g/mol. The van der Waals surface area contributed by atoms with Crippen LogP contribution in [0.15, 0.2) is 30.5 Å². The van der Waals surface area contributed by atoms with Crippen molar-refractivity contribution in [1.29, 1.82) is 0 Å². The van der Waals surface area contributed by atoms with Crippen LogP contribution in [0.3, 0.4) is 0 Å². The summed E-state index contributed by atoms with van der Waals surface area (Å²) in [6.07, 6.45) is 6.35. The van der Waals surface area contributed by atoms with E-state index in [2.05, 4.69) is 10.3 Å². The molecule has 1 fully saturated rings. The van der Waals surface area contributed by atoms with Gasteiger partial charge < -0.3 is 14.8 Å². The van der Waals surface area contributed by atoms with Crippen LogP contribution in [0, 0.1) is 17.8 Å². The molecule has 0 spiro atoms. The number of rotatable bonds is 4. The molecule has 4 atom stereocenters. The molecule has 6 heteroatoms. The van der Waals surface area contributed by atoms with Crippen molar-refractivity contribution in [1.82, 2.24) is 4.98 Å². The fourth-order valence-electron chi connectivity index (χ4n) is 4.10. The summed E-state index contributed by atoms with van der Waals surface area (Å²) in [5.74, 6) is -1.99. The summed E-state index contributed by atoms with van der Waals surface area (Å²) in [6.45, 7) is 0. The van der Waals surface area contributed by atoms with E-state index in [0.29, 0.717) is 6.42 Å². The van der Waals surface area contributed by atoms with E-state index in [9.17, 15) is 9.59 Å². The zero-order valence-electron chi connectivity index (χ0n) is 13.4. The minimum absolute atomic E-state index is 0.0433. The van der Waals surface area contributed by atoms with Crippen LogP contribution in [0.5, 0.6) is 0 Å². The second-order valence-corrected chi connectivity index (χ2v) is 5.97. The SMILES string of the molecule is CNc1cccnc1C12C=CC(C1)[C@@H](C(=O)OC)[C@@H]2C(=O)OC. The summed E-state index contributed by atoms with van der Waals surface area (Å²) < 4.78 is 9.94. The van der Waals surface area contributed by atoms with Crippen LogP contribution < -0.4 is 5.32 Å². The molecule has 0 aromatic carbocycles. The van der Waals surface area contributed by atoms with E-state index in [-0.39, 0.29) is 11.9 Å². The maximum Gasteiger partial charge on any atom is 0.310 e. The molecule has 0 saturated heterocycles. The number of carbonyl (C=O) groups excluding carboxylic acids is 2. The quantitative estimate of drug-likeness (QED) is 0.670. The molecular formula is C17H20N2O4. The Hall–Kier alpha value is -2.37. The number of carbonyl (C=O) groups is 2. The zero-order chi connectivity index (χ0) is 16.6. The summed E-state index contributed by atoms with van der Waals surface area (Å²) in [5.41, 5.74) is 0.969. The van der Waals surface area contributed by atoms with E-state index in [0.717, 1.165) is 11.4 Å². The Bertz CT molecular complexity index is 672. The highest BCUT2D eigenvalue weighted by Gasteiger charge is 2.63. The van der Waals surface area contributed by atoms with Crippen LogP contribution in [-0.4, -0.2) is 38.2 Å². The lowest BCUT2D eigenvalue weighted by Crippen LogP contribution is -2.42. The molecule has 2 bridgehead atoms. The predicted molar refractivity (Wildman–Crippen MR) is 83.7 cm³/mol. The van der Waals surface area contributed by atoms with E-state index in [1.165, 1.54) is 14.2 Å². The smallest absolute Gasteiger partial charge is 0.310 e. The molecule has 23 heavy (non-hydrogen) atoms. The molecule has 2 unspecified atom stereocenters. The van der Waals surface area contributed by atoms with Crippen LogP contribution in [-0.2, 0) is 24.5 Å². The van der Waals surface area contributed by atoms with Gasteiger partial charge in [0.25, 0.3) is 0 Å². The van der Waals surface area contributed by atoms with Crippen LogP contribution in [0.2, 0.25) is 0 Å². The molecule has 2 aliphatic rings. The van der Waals surface area contributed by atoms with Crippen molar-refractivity contribution in [2.24, 2.45) is 17.8 Å². The number of nitrogens with one attached hydrogen (secondary N) is 1. The predicted octanol–water partition coefficient (Wildman–Crippen LogP) is 1.53. The second kappa shape index (κ2) is 5.68. The summed E-state index contributed by atoms with van der Waals surface area (Å²) in [4.78, 5) is 29.3. The first-order valence-electron chi connectivity index (χ1n) is 7.57. The van der Waals surface area contributed by atoms with Gasteiger partial charge in [0.05, 0.1) is 37.4 Å². The lowest BCUT2D eigenvalue weighted by atomic mass is 9.71. The first kappa shape index (κ1) is 15.5. The van der Waals surface area contributed by atoms with Gasteiger partial charge in [-0.05, 0) is 24.5 Å². The number of hydrogen-bond donors (Lipinski definition) is 1. The first-order chi connectivity index (χ1) is 11.1.